The van der Waals surface area contributed by atoms with E-state index in [0.717, 1.165) is 17.7 Å². The summed E-state index contributed by atoms with van der Waals surface area (Å²) in [5.41, 5.74) is 2.27. The maximum atomic E-state index is 10.6. The quantitative estimate of drug-likeness (QED) is 0.560. The van der Waals surface area contributed by atoms with Gasteiger partial charge in [-0.3, -0.25) is 4.79 Å². The molecule has 0 spiro atoms. The van der Waals surface area contributed by atoms with Crippen LogP contribution in [0.25, 0.3) is 0 Å². The second-order valence-electron chi connectivity index (χ2n) is 3.26. The zero-order chi connectivity index (χ0) is 11.1. The minimum Gasteiger partial charge on any atom is -0.288 e. The van der Waals surface area contributed by atoms with Crippen LogP contribution in [0.3, 0.4) is 0 Å². The first kappa shape index (κ1) is 11.9. The molecule has 0 N–H and O–H groups in total. The Morgan fingerprint density at radius 1 is 1.47 bits per heavy atom. The summed E-state index contributed by atoms with van der Waals surface area (Å²) in [6.07, 6.45) is 0.762. The first-order valence-electron chi connectivity index (χ1n) is 4.87. The van der Waals surface area contributed by atoms with Crippen LogP contribution in [0.15, 0.2) is 24.3 Å². The third-order valence-corrected chi connectivity index (χ3v) is 2.60. The van der Waals surface area contributed by atoms with Gasteiger partial charge in [-0.25, -0.2) is 0 Å². The molecule has 1 aromatic rings. The highest BCUT2D eigenvalue weighted by Crippen LogP contribution is 2.04. The molecule has 0 amide bonds. The van der Waals surface area contributed by atoms with Crippen molar-refractivity contribution in [3.8, 4) is 11.8 Å². The summed E-state index contributed by atoms with van der Waals surface area (Å²) in [5, 5.41) is 0.160. The monoisotopic (exact) mass is 218 g/mol. The second-order valence-corrected chi connectivity index (χ2v) is 4.53. The van der Waals surface area contributed by atoms with E-state index in [2.05, 4.69) is 30.9 Å². The van der Waals surface area contributed by atoms with E-state index in [4.69, 9.17) is 0 Å². The first-order valence-corrected chi connectivity index (χ1v) is 5.86. The molecule has 0 saturated carbocycles. The molecule has 1 aromatic carbocycles. The molecule has 0 unspecified atom stereocenters. The van der Waals surface area contributed by atoms with Crippen LogP contribution in [0.4, 0.5) is 0 Å². The minimum atomic E-state index is 0.160. The van der Waals surface area contributed by atoms with Crippen LogP contribution in [-0.2, 0) is 4.79 Å². The Hall–Kier alpha value is -1.20. The van der Waals surface area contributed by atoms with E-state index in [-0.39, 0.29) is 5.12 Å². The van der Waals surface area contributed by atoms with Crippen LogP contribution in [-0.4, -0.2) is 10.9 Å². The van der Waals surface area contributed by atoms with Gasteiger partial charge in [-0.05, 0) is 24.6 Å². The van der Waals surface area contributed by atoms with Crippen LogP contribution >= 0.6 is 11.8 Å². The fourth-order valence-corrected chi connectivity index (χ4v) is 1.62. The minimum absolute atomic E-state index is 0.160. The molecule has 0 heterocycles. The Morgan fingerprint density at radius 2 is 2.27 bits per heavy atom. The molecule has 0 saturated heterocycles. The average Bonchev–Trinajstić information content (AvgIpc) is 2.17. The van der Waals surface area contributed by atoms with Crippen molar-refractivity contribution in [2.24, 2.45) is 0 Å². The number of carbonyl (C=O) groups is 1. The molecular weight excluding hydrogens is 204 g/mol. The fourth-order valence-electron chi connectivity index (χ4n) is 1.13. The highest BCUT2D eigenvalue weighted by molar-refractivity contribution is 8.13. The molecule has 1 nitrogen and oxygen atoms in total. The van der Waals surface area contributed by atoms with Gasteiger partial charge in [-0.15, -0.1) is 0 Å². The Balaban J connectivity index is 2.41. The summed E-state index contributed by atoms with van der Waals surface area (Å²) in [7, 11) is 0. The summed E-state index contributed by atoms with van der Waals surface area (Å²) in [4.78, 5) is 10.6. The summed E-state index contributed by atoms with van der Waals surface area (Å²) in [5.74, 6) is 6.93. The molecule has 0 aromatic heterocycles. The largest absolute Gasteiger partial charge is 0.288 e. The predicted molar refractivity (Wildman–Crippen MR) is 65.8 cm³/mol. The number of benzene rings is 1. The van der Waals surface area contributed by atoms with Gasteiger partial charge in [-0.2, -0.15) is 0 Å². The third-order valence-electron chi connectivity index (χ3n) is 1.78. The molecule has 78 valence electrons. The molecule has 0 atom stereocenters. The zero-order valence-corrected chi connectivity index (χ0v) is 9.86. The fraction of sp³-hybridized carbons (Fsp3) is 0.308. The van der Waals surface area contributed by atoms with Gasteiger partial charge in [0.2, 0.25) is 0 Å². The number of hydrogen-bond donors (Lipinski definition) is 0. The van der Waals surface area contributed by atoms with E-state index in [9.17, 15) is 4.79 Å². The van der Waals surface area contributed by atoms with Crippen LogP contribution in [0.2, 0.25) is 0 Å². The van der Waals surface area contributed by atoms with Crippen molar-refractivity contribution in [3.63, 3.8) is 0 Å². The van der Waals surface area contributed by atoms with E-state index < -0.39 is 0 Å². The van der Waals surface area contributed by atoms with Crippen LogP contribution in [0, 0.1) is 18.8 Å². The molecule has 0 aliphatic rings. The SMILES string of the molecule is CC(=O)SCCC#Cc1cccc(C)c1. The zero-order valence-electron chi connectivity index (χ0n) is 9.04. The van der Waals surface area contributed by atoms with Gasteiger partial charge < -0.3 is 0 Å². The van der Waals surface area contributed by atoms with Gasteiger partial charge in [-0.1, -0.05) is 35.7 Å². The van der Waals surface area contributed by atoms with E-state index in [0.29, 0.717) is 0 Å². The molecule has 0 aliphatic carbocycles. The van der Waals surface area contributed by atoms with Gasteiger partial charge in [0.25, 0.3) is 0 Å². The van der Waals surface area contributed by atoms with Gasteiger partial charge >= 0.3 is 0 Å². The molecule has 1 rings (SSSR count). The first-order chi connectivity index (χ1) is 7.18. The van der Waals surface area contributed by atoms with Gasteiger partial charge in [0.1, 0.15) is 0 Å². The Kier molecular flexibility index (Phi) is 5.00. The lowest BCUT2D eigenvalue weighted by atomic mass is 10.1. The molecular formula is C13H14OS. The van der Waals surface area contributed by atoms with Crippen molar-refractivity contribution in [1.82, 2.24) is 0 Å². The van der Waals surface area contributed by atoms with Crippen molar-refractivity contribution < 1.29 is 4.79 Å². The standard InChI is InChI=1S/C13H14OS/c1-11-6-5-8-13(10-11)7-3-4-9-15-12(2)14/h5-6,8,10H,4,9H2,1-2H3. The maximum Gasteiger partial charge on any atom is 0.185 e. The third kappa shape index (κ3) is 5.29. The lowest BCUT2D eigenvalue weighted by Crippen LogP contribution is -1.84. The van der Waals surface area contributed by atoms with Crippen molar-refractivity contribution >= 4 is 16.9 Å². The van der Waals surface area contributed by atoms with Gasteiger partial charge in [0, 0.05) is 24.7 Å². The summed E-state index contributed by atoms with van der Waals surface area (Å²) in [6.45, 7) is 3.63. The average molecular weight is 218 g/mol. The molecule has 0 radical (unpaired) electrons. The van der Waals surface area contributed by atoms with E-state index >= 15 is 0 Å². The molecule has 0 fully saturated rings. The normalized spacial score (nSPS) is 9.20. The van der Waals surface area contributed by atoms with Crippen LogP contribution in [0.5, 0.6) is 0 Å². The number of aryl methyl sites for hydroxylation is 1. The number of rotatable bonds is 2. The second kappa shape index (κ2) is 6.31. The molecule has 0 aliphatic heterocycles. The van der Waals surface area contributed by atoms with Crippen molar-refractivity contribution in [2.45, 2.75) is 20.3 Å². The van der Waals surface area contributed by atoms with E-state index in [1.165, 1.54) is 17.3 Å². The summed E-state index contributed by atoms with van der Waals surface area (Å²) < 4.78 is 0. The summed E-state index contributed by atoms with van der Waals surface area (Å²) >= 11 is 1.33. The van der Waals surface area contributed by atoms with Crippen LogP contribution < -0.4 is 0 Å². The Morgan fingerprint density at radius 3 is 2.93 bits per heavy atom. The molecule has 15 heavy (non-hydrogen) atoms. The number of thioether (sulfide) groups is 1. The maximum absolute atomic E-state index is 10.6. The van der Waals surface area contributed by atoms with E-state index in [1.807, 2.05) is 12.1 Å². The van der Waals surface area contributed by atoms with Crippen molar-refractivity contribution in [3.05, 3.63) is 35.4 Å². The highest BCUT2D eigenvalue weighted by Gasteiger charge is 1.91. The molecule has 2 heteroatoms. The number of hydrogen-bond acceptors (Lipinski definition) is 2. The van der Waals surface area contributed by atoms with E-state index in [1.54, 1.807) is 6.92 Å². The van der Waals surface area contributed by atoms with Crippen molar-refractivity contribution in [2.75, 3.05) is 5.75 Å². The number of carbonyl (C=O) groups excluding carboxylic acids is 1. The highest BCUT2D eigenvalue weighted by atomic mass is 32.2. The van der Waals surface area contributed by atoms with Gasteiger partial charge in [0.15, 0.2) is 5.12 Å². The Labute approximate surface area is 95.3 Å². The summed E-state index contributed by atoms with van der Waals surface area (Å²) in [6, 6.07) is 8.11. The lowest BCUT2D eigenvalue weighted by Gasteiger charge is -1.92. The van der Waals surface area contributed by atoms with Crippen molar-refractivity contribution in [1.29, 1.82) is 0 Å². The predicted octanol–water partition coefficient (Wildman–Crippen LogP) is 3.02. The molecule has 0 bridgehead atoms. The van der Waals surface area contributed by atoms with Gasteiger partial charge in [0.05, 0.1) is 0 Å². The van der Waals surface area contributed by atoms with Crippen LogP contribution in [0.1, 0.15) is 24.5 Å². The lowest BCUT2D eigenvalue weighted by molar-refractivity contribution is -0.109. The smallest absolute Gasteiger partial charge is 0.185 e. The topological polar surface area (TPSA) is 17.1 Å². The Bertz CT molecular complexity index is 398.